The van der Waals surface area contributed by atoms with Crippen molar-refractivity contribution in [2.24, 2.45) is 0 Å². The number of rotatable bonds is 7. The Bertz CT molecular complexity index is 457. The lowest BCUT2D eigenvalue weighted by molar-refractivity contribution is -0.116. The van der Waals surface area contributed by atoms with E-state index in [-0.39, 0.29) is 5.91 Å². The lowest BCUT2D eigenvalue weighted by Gasteiger charge is -2.21. The molecule has 0 saturated carbocycles. The molecule has 5 heteroatoms. The van der Waals surface area contributed by atoms with E-state index in [9.17, 15) is 4.79 Å². The van der Waals surface area contributed by atoms with Crippen molar-refractivity contribution in [3.05, 3.63) is 24.3 Å². The smallest absolute Gasteiger partial charge is 0.225 e. The molecule has 0 bridgehead atoms. The van der Waals surface area contributed by atoms with E-state index < -0.39 is 0 Å². The van der Waals surface area contributed by atoms with Gasteiger partial charge in [0.2, 0.25) is 5.91 Å². The highest BCUT2D eigenvalue weighted by Crippen LogP contribution is 2.12. The van der Waals surface area contributed by atoms with Gasteiger partial charge in [-0.25, -0.2) is 0 Å². The molecule has 1 saturated heterocycles. The fourth-order valence-corrected chi connectivity index (χ4v) is 2.56. The monoisotopic (exact) mass is 290 g/mol. The first-order valence-corrected chi connectivity index (χ1v) is 7.70. The summed E-state index contributed by atoms with van der Waals surface area (Å²) in [7, 11) is 2.07. The number of likely N-dealkylation sites (tertiary alicyclic amines) is 1. The Morgan fingerprint density at radius 1 is 1.33 bits per heavy atom. The second-order valence-corrected chi connectivity index (χ2v) is 5.78. The number of likely N-dealkylation sites (N-methyl/N-ethyl adjacent to an activating group) is 1. The van der Waals surface area contributed by atoms with Gasteiger partial charge >= 0.3 is 0 Å². The van der Waals surface area contributed by atoms with Crippen molar-refractivity contribution in [2.45, 2.75) is 19.3 Å². The molecule has 1 aromatic rings. The van der Waals surface area contributed by atoms with Gasteiger partial charge in [-0.05, 0) is 51.2 Å². The van der Waals surface area contributed by atoms with Crippen LogP contribution in [0, 0.1) is 0 Å². The topological polar surface area (TPSA) is 61.6 Å². The van der Waals surface area contributed by atoms with Crippen LogP contribution in [0.4, 0.5) is 11.4 Å². The lowest BCUT2D eigenvalue weighted by atomic mass is 10.2. The van der Waals surface area contributed by atoms with Gasteiger partial charge in [0.05, 0.1) is 0 Å². The Morgan fingerprint density at radius 2 is 2.10 bits per heavy atom. The fourth-order valence-electron chi connectivity index (χ4n) is 2.56. The van der Waals surface area contributed by atoms with Crippen LogP contribution in [0.25, 0.3) is 0 Å². The molecule has 1 aliphatic rings. The minimum absolute atomic E-state index is 0.0358. The Morgan fingerprint density at radius 3 is 2.81 bits per heavy atom. The van der Waals surface area contributed by atoms with Crippen molar-refractivity contribution < 1.29 is 4.79 Å². The first kappa shape index (κ1) is 15.8. The van der Waals surface area contributed by atoms with Gasteiger partial charge in [-0.1, -0.05) is 6.07 Å². The number of carbonyl (C=O) groups is 1. The molecule has 5 nitrogen and oxygen atoms in total. The van der Waals surface area contributed by atoms with Gasteiger partial charge in [0.25, 0.3) is 0 Å². The summed E-state index contributed by atoms with van der Waals surface area (Å²) in [6.07, 6.45) is 3.16. The molecule has 2 rings (SSSR count). The van der Waals surface area contributed by atoms with Crippen LogP contribution in [0.5, 0.6) is 0 Å². The highest BCUT2D eigenvalue weighted by Gasteiger charge is 2.12. The number of nitrogens with zero attached hydrogens (tertiary/aromatic N) is 2. The molecule has 0 aliphatic carbocycles. The van der Waals surface area contributed by atoms with Crippen molar-refractivity contribution in [3.63, 3.8) is 0 Å². The summed E-state index contributed by atoms with van der Waals surface area (Å²) in [5.74, 6) is 0.0358. The van der Waals surface area contributed by atoms with Crippen LogP contribution in [0.3, 0.4) is 0 Å². The van der Waals surface area contributed by atoms with Crippen LogP contribution in [-0.4, -0.2) is 55.5 Å². The molecule has 1 aliphatic heterocycles. The van der Waals surface area contributed by atoms with Gasteiger partial charge in [-0.3, -0.25) is 4.79 Å². The van der Waals surface area contributed by atoms with Crippen LogP contribution < -0.4 is 11.1 Å². The summed E-state index contributed by atoms with van der Waals surface area (Å²) in [5, 5.41) is 2.88. The SMILES string of the molecule is CN(CCC(=O)Nc1cccc(N)c1)CCN1CCCC1. The quantitative estimate of drug-likeness (QED) is 0.749. The number of anilines is 2. The molecule has 3 N–H and O–H groups in total. The Kier molecular flexibility index (Phi) is 6.02. The second-order valence-electron chi connectivity index (χ2n) is 5.78. The number of hydrogen-bond donors (Lipinski definition) is 2. The molecule has 1 heterocycles. The van der Waals surface area contributed by atoms with Crippen molar-refractivity contribution in [1.82, 2.24) is 9.80 Å². The molecule has 0 unspecified atom stereocenters. The maximum atomic E-state index is 11.9. The first-order valence-electron chi connectivity index (χ1n) is 7.70. The third-order valence-electron chi connectivity index (χ3n) is 3.89. The fraction of sp³-hybridized carbons (Fsp3) is 0.562. The highest BCUT2D eigenvalue weighted by molar-refractivity contribution is 5.91. The molecule has 0 spiro atoms. The van der Waals surface area contributed by atoms with Crippen LogP contribution >= 0.6 is 0 Å². The van der Waals surface area contributed by atoms with Crippen molar-refractivity contribution in [3.8, 4) is 0 Å². The number of benzene rings is 1. The molecular formula is C16H26N4O. The predicted octanol–water partition coefficient (Wildman–Crippen LogP) is 1.62. The molecule has 21 heavy (non-hydrogen) atoms. The zero-order valence-electron chi connectivity index (χ0n) is 12.8. The third-order valence-corrected chi connectivity index (χ3v) is 3.89. The van der Waals surface area contributed by atoms with E-state index in [2.05, 4.69) is 22.2 Å². The second kappa shape index (κ2) is 8.00. The summed E-state index contributed by atoms with van der Waals surface area (Å²) < 4.78 is 0. The number of nitrogens with two attached hydrogens (primary N) is 1. The average Bonchev–Trinajstić information content (AvgIpc) is 2.96. The van der Waals surface area contributed by atoms with Crippen LogP contribution in [-0.2, 0) is 4.79 Å². The predicted molar refractivity (Wildman–Crippen MR) is 87.3 cm³/mol. The maximum Gasteiger partial charge on any atom is 0.225 e. The van der Waals surface area contributed by atoms with Crippen LogP contribution in [0.2, 0.25) is 0 Å². The van der Waals surface area contributed by atoms with E-state index in [0.29, 0.717) is 12.1 Å². The minimum atomic E-state index is 0.0358. The number of carbonyl (C=O) groups excluding carboxylic acids is 1. The summed E-state index contributed by atoms with van der Waals surface area (Å²) in [6, 6.07) is 7.27. The molecule has 0 aromatic heterocycles. The van der Waals surface area contributed by atoms with Gasteiger partial charge in [0, 0.05) is 37.4 Å². The van der Waals surface area contributed by atoms with E-state index in [1.807, 2.05) is 18.2 Å². The van der Waals surface area contributed by atoms with Crippen molar-refractivity contribution in [1.29, 1.82) is 0 Å². The summed E-state index contributed by atoms with van der Waals surface area (Å²) in [6.45, 7) is 5.36. The summed E-state index contributed by atoms with van der Waals surface area (Å²) >= 11 is 0. The number of nitrogens with one attached hydrogen (secondary N) is 1. The Hall–Kier alpha value is -1.59. The highest BCUT2D eigenvalue weighted by atomic mass is 16.1. The van der Waals surface area contributed by atoms with Gasteiger partial charge in [-0.2, -0.15) is 0 Å². The Balaban J connectivity index is 1.63. The number of nitrogen functional groups attached to an aromatic ring is 1. The standard InChI is InChI=1S/C16H26N4O/c1-19(11-12-20-8-2-3-9-20)10-7-16(21)18-15-6-4-5-14(17)13-15/h4-6,13H,2-3,7-12,17H2,1H3,(H,18,21). The molecule has 0 atom stereocenters. The molecule has 1 fully saturated rings. The van der Waals surface area contributed by atoms with E-state index in [0.717, 1.165) is 25.3 Å². The van der Waals surface area contributed by atoms with Gasteiger partial charge < -0.3 is 20.9 Å². The van der Waals surface area contributed by atoms with E-state index in [1.54, 1.807) is 6.07 Å². The summed E-state index contributed by atoms with van der Waals surface area (Å²) in [5.41, 5.74) is 7.12. The number of amides is 1. The van der Waals surface area contributed by atoms with Crippen molar-refractivity contribution in [2.75, 3.05) is 50.8 Å². The zero-order chi connectivity index (χ0) is 15.1. The van der Waals surface area contributed by atoms with E-state index in [4.69, 9.17) is 5.73 Å². The normalized spacial score (nSPS) is 15.5. The van der Waals surface area contributed by atoms with Crippen LogP contribution in [0.15, 0.2) is 24.3 Å². The van der Waals surface area contributed by atoms with Gasteiger partial charge in [0.1, 0.15) is 0 Å². The summed E-state index contributed by atoms with van der Waals surface area (Å²) in [4.78, 5) is 16.6. The number of hydrogen-bond acceptors (Lipinski definition) is 4. The molecular weight excluding hydrogens is 264 g/mol. The van der Waals surface area contributed by atoms with Gasteiger partial charge in [0.15, 0.2) is 0 Å². The van der Waals surface area contributed by atoms with E-state index >= 15 is 0 Å². The molecule has 0 radical (unpaired) electrons. The van der Waals surface area contributed by atoms with Gasteiger partial charge in [-0.15, -0.1) is 0 Å². The van der Waals surface area contributed by atoms with Crippen LogP contribution in [0.1, 0.15) is 19.3 Å². The molecule has 1 amide bonds. The lowest BCUT2D eigenvalue weighted by Crippen LogP contribution is -2.33. The first-order chi connectivity index (χ1) is 10.1. The average molecular weight is 290 g/mol. The molecule has 116 valence electrons. The Labute approximate surface area is 127 Å². The zero-order valence-corrected chi connectivity index (χ0v) is 12.8. The van der Waals surface area contributed by atoms with Crippen molar-refractivity contribution >= 4 is 17.3 Å². The minimum Gasteiger partial charge on any atom is -0.399 e. The molecule has 1 aromatic carbocycles. The van der Waals surface area contributed by atoms with E-state index in [1.165, 1.54) is 25.9 Å². The largest absolute Gasteiger partial charge is 0.399 e. The maximum absolute atomic E-state index is 11.9. The third kappa shape index (κ3) is 5.73.